The van der Waals surface area contributed by atoms with Crippen molar-refractivity contribution in [1.82, 2.24) is 14.5 Å². The molecule has 0 saturated carbocycles. The van der Waals surface area contributed by atoms with E-state index in [2.05, 4.69) is 15.2 Å². The number of ether oxygens (including phenoxy) is 1. The number of aromatic amines is 1. The second-order valence-electron chi connectivity index (χ2n) is 7.67. The van der Waals surface area contributed by atoms with Gasteiger partial charge in [0.15, 0.2) is 0 Å². The molecule has 1 aliphatic rings. The molecule has 2 N–H and O–H groups in total. The molecule has 4 rings (SSSR count). The van der Waals surface area contributed by atoms with Gasteiger partial charge in [0.1, 0.15) is 5.75 Å². The second-order valence-corrected chi connectivity index (χ2v) is 8.08. The fraction of sp³-hybridized carbons (Fsp3) is 0.364. The summed E-state index contributed by atoms with van der Waals surface area (Å²) in [4.78, 5) is 30.0. The van der Waals surface area contributed by atoms with Crippen LogP contribution in [-0.4, -0.2) is 47.1 Å². The molecule has 1 aromatic heterocycles. The minimum absolute atomic E-state index is 0.0717. The number of aromatic nitrogens is 2. The summed E-state index contributed by atoms with van der Waals surface area (Å²) < 4.78 is 7.18. The number of fused-ring (bicyclic) bond motifs is 1. The number of hydrogen-bond acceptors (Lipinski definition) is 4. The average Bonchev–Trinajstić information content (AvgIpc) is 3.07. The van der Waals surface area contributed by atoms with Crippen LogP contribution in [0, 0.1) is 6.92 Å². The van der Waals surface area contributed by atoms with Gasteiger partial charge >= 0.3 is 5.69 Å². The Labute approximate surface area is 179 Å². The van der Waals surface area contributed by atoms with E-state index in [9.17, 15) is 9.59 Å². The van der Waals surface area contributed by atoms with Crippen molar-refractivity contribution in [3.63, 3.8) is 0 Å². The lowest BCUT2D eigenvalue weighted by molar-refractivity contribution is -0.117. The van der Waals surface area contributed by atoms with E-state index in [1.807, 2.05) is 41.8 Å². The van der Waals surface area contributed by atoms with Gasteiger partial charge in [-0.1, -0.05) is 23.7 Å². The summed E-state index contributed by atoms with van der Waals surface area (Å²) in [6, 6.07) is 11.4. The Kier molecular flexibility index (Phi) is 5.83. The molecule has 3 aromatic rings. The maximum Gasteiger partial charge on any atom is 0.326 e. The molecular weight excluding hydrogens is 404 g/mol. The molecule has 30 heavy (non-hydrogen) atoms. The number of rotatable bonds is 5. The summed E-state index contributed by atoms with van der Waals surface area (Å²) in [6.45, 7) is 3.68. The number of halogens is 1. The van der Waals surface area contributed by atoms with Gasteiger partial charge in [-0.05, 0) is 43.5 Å². The van der Waals surface area contributed by atoms with E-state index in [4.69, 9.17) is 16.3 Å². The first-order valence-electron chi connectivity index (χ1n) is 10.0. The third-order valence-corrected chi connectivity index (χ3v) is 6.08. The standard InChI is InChI=1S/C22H25ClN4O3/c1-14-11-18(20(30-2)12-16(14)23)24-21(28)13-26-9-7-15(8-10-26)27-19-6-4-3-5-17(19)25-22(27)29/h3-6,11-12,15H,7-10,13H2,1-2H3,(H,24,28)(H,25,29). The van der Waals surface area contributed by atoms with Crippen molar-refractivity contribution in [2.75, 3.05) is 32.1 Å². The first-order chi connectivity index (χ1) is 14.5. The number of H-pyrrole nitrogens is 1. The highest BCUT2D eigenvalue weighted by molar-refractivity contribution is 6.31. The molecule has 7 nitrogen and oxygen atoms in total. The molecule has 1 aliphatic heterocycles. The van der Waals surface area contributed by atoms with Crippen LogP contribution < -0.4 is 15.7 Å². The number of likely N-dealkylation sites (tertiary alicyclic amines) is 1. The third-order valence-electron chi connectivity index (χ3n) is 5.67. The smallest absolute Gasteiger partial charge is 0.326 e. The van der Waals surface area contributed by atoms with Gasteiger partial charge in [0.05, 0.1) is 30.4 Å². The number of imidazole rings is 1. The van der Waals surface area contributed by atoms with Crippen LogP contribution in [0.3, 0.4) is 0 Å². The second kappa shape index (κ2) is 8.53. The number of nitrogens with one attached hydrogen (secondary N) is 2. The molecule has 2 heterocycles. The summed E-state index contributed by atoms with van der Waals surface area (Å²) >= 11 is 6.13. The summed E-state index contributed by atoms with van der Waals surface area (Å²) in [5, 5.41) is 3.52. The normalized spacial score (nSPS) is 15.4. The van der Waals surface area contributed by atoms with E-state index in [-0.39, 0.29) is 17.6 Å². The van der Waals surface area contributed by atoms with Crippen LogP contribution in [0.2, 0.25) is 5.02 Å². The van der Waals surface area contributed by atoms with E-state index < -0.39 is 0 Å². The van der Waals surface area contributed by atoms with Crippen LogP contribution in [0.15, 0.2) is 41.2 Å². The summed E-state index contributed by atoms with van der Waals surface area (Å²) in [5.41, 5.74) is 3.21. The number of nitrogens with zero attached hydrogens (tertiary/aromatic N) is 2. The van der Waals surface area contributed by atoms with Crippen LogP contribution in [0.5, 0.6) is 5.75 Å². The fourth-order valence-corrected chi connectivity index (χ4v) is 4.25. The Morgan fingerprint density at radius 3 is 2.73 bits per heavy atom. The lowest BCUT2D eigenvalue weighted by atomic mass is 10.0. The van der Waals surface area contributed by atoms with Crippen molar-refractivity contribution in [1.29, 1.82) is 0 Å². The van der Waals surface area contributed by atoms with Crippen molar-refractivity contribution in [3.05, 3.63) is 57.5 Å². The van der Waals surface area contributed by atoms with Gasteiger partial charge in [-0.3, -0.25) is 14.3 Å². The van der Waals surface area contributed by atoms with E-state index >= 15 is 0 Å². The molecule has 1 amide bonds. The quantitative estimate of drug-likeness (QED) is 0.651. The van der Waals surface area contributed by atoms with E-state index in [0.717, 1.165) is 42.5 Å². The van der Waals surface area contributed by atoms with E-state index in [1.54, 1.807) is 13.2 Å². The lowest BCUT2D eigenvalue weighted by Crippen LogP contribution is -2.41. The zero-order valence-electron chi connectivity index (χ0n) is 17.1. The van der Waals surface area contributed by atoms with Gasteiger partial charge in [-0.25, -0.2) is 4.79 Å². The Morgan fingerprint density at radius 1 is 1.27 bits per heavy atom. The Hall–Kier alpha value is -2.77. The Balaban J connectivity index is 1.38. The van der Waals surface area contributed by atoms with Crippen LogP contribution >= 0.6 is 11.6 Å². The first-order valence-corrected chi connectivity index (χ1v) is 10.4. The maximum atomic E-state index is 12.6. The molecular formula is C22H25ClN4O3. The van der Waals surface area contributed by atoms with Gasteiger partial charge in [-0.2, -0.15) is 0 Å². The SMILES string of the molecule is COc1cc(Cl)c(C)cc1NC(=O)CN1CCC(n2c(=O)[nH]c3ccccc32)CC1. The monoisotopic (exact) mass is 428 g/mol. The van der Waals surface area contributed by atoms with Gasteiger partial charge in [0.25, 0.3) is 0 Å². The maximum absolute atomic E-state index is 12.6. The number of para-hydroxylation sites is 2. The molecule has 8 heteroatoms. The lowest BCUT2D eigenvalue weighted by Gasteiger charge is -2.32. The molecule has 1 fully saturated rings. The Bertz CT molecular complexity index is 1130. The molecule has 0 bridgehead atoms. The number of hydrogen-bond donors (Lipinski definition) is 2. The predicted octanol–water partition coefficient (Wildman–Crippen LogP) is 3.58. The first kappa shape index (κ1) is 20.5. The highest BCUT2D eigenvalue weighted by atomic mass is 35.5. The number of carbonyl (C=O) groups is 1. The fourth-order valence-electron chi connectivity index (χ4n) is 4.10. The van der Waals surface area contributed by atoms with E-state index in [0.29, 0.717) is 23.0 Å². The summed E-state index contributed by atoms with van der Waals surface area (Å²) in [5.74, 6) is 0.439. The van der Waals surface area contributed by atoms with Crippen molar-refractivity contribution < 1.29 is 9.53 Å². The van der Waals surface area contributed by atoms with Gasteiger partial charge in [0, 0.05) is 30.2 Å². The molecule has 0 unspecified atom stereocenters. The molecule has 1 saturated heterocycles. The van der Waals surface area contributed by atoms with Gasteiger partial charge in [-0.15, -0.1) is 0 Å². The summed E-state index contributed by atoms with van der Waals surface area (Å²) in [7, 11) is 1.55. The number of aryl methyl sites for hydroxylation is 1. The zero-order chi connectivity index (χ0) is 21.3. The minimum Gasteiger partial charge on any atom is -0.495 e. The predicted molar refractivity (Wildman–Crippen MR) is 119 cm³/mol. The highest BCUT2D eigenvalue weighted by Crippen LogP contribution is 2.31. The number of carbonyl (C=O) groups excluding carboxylic acids is 1. The summed E-state index contributed by atoms with van der Waals surface area (Å²) in [6.07, 6.45) is 1.64. The number of amides is 1. The number of benzene rings is 2. The van der Waals surface area contributed by atoms with Crippen molar-refractivity contribution in [3.8, 4) is 5.75 Å². The van der Waals surface area contributed by atoms with Crippen LogP contribution in [-0.2, 0) is 4.79 Å². The third kappa shape index (κ3) is 4.08. The Morgan fingerprint density at radius 2 is 2.00 bits per heavy atom. The zero-order valence-corrected chi connectivity index (χ0v) is 17.8. The molecule has 0 spiro atoms. The van der Waals surface area contributed by atoms with E-state index in [1.165, 1.54) is 0 Å². The highest BCUT2D eigenvalue weighted by Gasteiger charge is 2.24. The largest absolute Gasteiger partial charge is 0.495 e. The molecule has 0 radical (unpaired) electrons. The van der Waals surface area contributed by atoms with Crippen molar-refractivity contribution in [2.24, 2.45) is 0 Å². The number of piperidine rings is 1. The molecule has 0 atom stereocenters. The number of methoxy groups -OCH3 is 1. The van der Waals surface area contributed by atoms with Crippen LogP contribution in [0.4, 0.5) is 5.69 Å². The van der Waals surface area contributed by atoms with Crippen molar-refractivity contribution >= 4 is 34.2 Å². The van der Waals surface area contributed by atoms with Crippen LogP contribution in [0.1, 0.15) is 24.4 Å². The van der Waals surface area contributed by atoms with Gasteiger partial charge in [0.2, 0.25) is 5.91 Å². The molecule has 158 valence electrons. The van der Waals surface area contributed by atoms with Crippen LogP contribution in [0.25, 0.3) is 11.0 Å². The average molecular weight is 429 g/mol. The van der Waals surface area contributed by atoms with Gasteiger partial charge < -0.3 is 15.0 Å². The minimum atomic E-state index is -0.0993. The molecule has 0 aliphatic carbocycles. The molecule has 2 aromatic carbocycles. The number of anilines is 1. The topological polar surface area (TPSA) is 79.4 Å². The van der Waals surface area contributed by atoms with Crippen molar-refractivity contribution in [2.45, 2.75) is 25.8 Å².